The Kier molecular flexibility index (Phi) is 7.47. The van der Waals surface area contributed by atoms with Gasteiger partial charge in [0.05, 0.1) is 21.4 Å². The molecule has 1 amide bonds. The number of carbonyl (C=O) groups is 1. The highest BCUT2D eigenvalue weighted by Crippen LogP contribution is 2.23. The van der Waals surface area contributed by atoms with Gasteiger partial charge in [0.2, 0.25) is 5.91 Å². The van der Waals surface area contributed by atoms with Gasteiger partial charge in [-0.05, 0) is 49.2 Å². The van der Waals surface area contributed by atoms with Crippen LogP contribution in [-0.4, -0.2) is 46.8 Å². The number of amides is 1. The van der Waals surface area contributed by atoms with Crippen LogP contribution in [-0.2, 0) is 17.8 Å². The van der Waals surface area contributed by atoms with Gasteiger partial charge in [-0.3, -0.25) is 14.9 Å². The average molecular weight is 436 g/mol. The summed E-state index contributed by atoms with van der Waals surface area (Å²) in [6.07, 6.45) is 2.59. The fourth-order valence-electron chi connectivity index (χ4n) is 3.44. The molecule has 1 aliphatic rings. The number of nitrogens with zero attached hydrogens (tertiary/aromatic N) is 3. The molecule has 1 fully saturated rings. The van der Waals surface area contributed by atoms with Gasteiger partial charge in [0.15, 0.2) is 0 Å². The summed E-state index contributed by atoms with van der Waals surface area (Å²) in [5.74, 6) is -0.0240. The van der Waals surface area contributed by atoms with Crippen LogP contribution in [0.25, 0.3) is 0 Å². The Morgan fingerprint density at radius 2 is 1.69 bits per heavy atom. The molecule has 2 aromatic rings. The minimum Gasteiger partial charge on any atom is -0.337 e. The summed E-state index contributed by atoms with van der Waals surface area (Å²) in [7, 11) is 0. The lowest BCUT2D eigenvalue weighted by atomic mass is 10.1. The van der Waals surface area contributed by atoms with E-state index in [1.807, 2.05) is 11.0 Å². The van der Waals surface area contributed by atoms with Crippen LogP contribution in [0.15, 0.2) is 42.5 Å². The summed E-state index contributed by atoms with van der Waals surface area (Å²) in [5, 5.41) is 11.8. The molecule has 29 heavy (non-hydrogen) atoms. The van der Waals surface area contributed by atoms with E-state index in [0.29, 0.717) is 23.1 Å². The van der Waals surface area contributed by atoms with E-state index in [9.17, 15) is 14.9 Å². The lowest BCUT2D eigenvalue weighted by Gasteiger charge is -2.26. The minimum absolute atomic E-state index is 0.0166. The molecular weight excluding hydrogens is 413 g/mol. The van der Waals surface area contributed by atoms with Gasteiger partial charge in [0, 0.05) is 31.8 Å². The Morgan fingerprint density at radius 1 is 1.03 bits per heavy atom. The summed E-state index contributed by atoms with van der Waals surface area (Å²) in [5.41, 5.74) is 1.68. The normalized spacial score (nSPS) is 14.1. The number of hydrogen-bond acceptors (Lipinski definition) is 4. The van der Waals surface area contributed by atoms with E-state index in [1.165, 1.54) is 25.0 Å². The van der Waals surface area contributed by atoms with Crippen molar-refractivity contribution in [2.45, 2.75) is 25.8 Å². The molecule has 8 heteroatoms. The highest BCUT2D eigenvalue weighted by molar-refractivity contribution is 6.42. The first-order valence-electron chi connectivity index (χ1n) is 9.60. The maximum Gasteiger partial charge on any atom is 0.269 e. The summed E-state index contributed by atoms with van der Waals surface area (Å²) < 4.78 is 0. The first-order chi connectivity index (χ1) is 13.9. The quantitative estimate of drug-likeness (QED) is 0.449. The van der Waals surface area contributed by atoms with Gasteiger partial charge in [0.1, 0.15) is 0 Å². The molecule has 0 radical (unpaired) electrons. The zero-order valence-electron chi connectivity index (χ0n) is 16.0. The van der Waals surface area contributed by atoms with Crippen LogP contribution in [0.3, 0.4) is 0 Å². The van der Waals surface area contributed by atoms with Crippen molar-refractivity contribution in [2.24, 2.45) is 0 Å². The minimum atomic E-state index is -0.446. The van der Waals surface area contributed by atoms with Crippen LogP contribution in [0.5, 0.6) is 0 Å². The number of halogens is 2. The molecule has 1 saturated heterocycles. The SMILES string of the molecule is O=C(Cc1ccc([N+](=O)[O-])cc1)N(CCN1CCCC1)Cc1ccc(Cl)c(Cl)c1. The molecule has 1 heterocycles. The monoisotopic (exact) mass is 435 g/mol. The molecule has 0 bridgehead atoms. The van der Waals surface area contributed by atoms with Crippen LogP contribution >= 0.6 is 23.2 Å². The highest BCUT2D eigenvalue weighted by atomic mass is 35.5. The van der Waals surface area contributed by atoms with Gasteiger partial charge in [-0.15, -0.1) is 0 Å². The van der Waals surface area contributed by atoms with Gasteiger partial charge in [0.25, 0.3) is 5.69 Å². The van der Waals surface area contributed by atoms with E-state index in [4.69, 9.17) is 23.2 Å². The van der Waals surface area contributed by atoms with E-state index in [2.05, 4.69) is 4.90 Å². The topological polar surface area (TPSA) is 66.7 Å². The Labute approximate surface area is 180 Å². The van der Waals surface area contributed by atoms with E-state index in [0.717, 1.165) is 30.8 Å². The van der Waals surface area contributed by atoms with Crippen molar-refractivity contribution < 1.29 is 9.72 Å². The molecule has 154 valence electrons. The molecule has 0 saturated carbocycles. The Morgan fingerprint density at radius 3 is 2.31 bits per heavy atom. The van der Waals surface area contributed by atoms with Crippen LogP contribution in [0.1, 0.15) is 24.0 Å². The van der Waals surface area contributed by atoms with Crippen LogP contribution in [0.4, 0.5) is 5.69 Å². The number of likely N-dealkylation sites (tertiary alicyclic amines) is 1. The number of carbonyl (C=O) groups excluding carboxylic acids is 1. The summed E-state index contributed by atoms with van der Waals surface area (Å²) >= 11 is 12.1. The summed E-state index contributed by atoms with van der Waals surface area (Å²) in [4.78, 5) is 27.6. The van der Waals surface area contributed by atoms with Gasteiger partial charge >= 0.3 is 0 Å². The van der Waals surface area contributed by atoms with Crippen molar-refractivity contribution in [3.05, 3.63) is 73.8 Å². The molecule has 0 atom stereocenters. The third kappa shape index (κ3) is 6.16. The number of hydrogen-bond donors (Lipinski definition) is 0. The lowest BCUT2D eigenvalue weighted by Crippen LogP contribution is -2.38. The van der Waals surface area contributed by atoms with Gasteiger partial charge in [-0.1, -0.05) is 41.4 Å². The van der Waals surface area contributed by atoms with Crippen molar-refractivity contribution >= 4 is 34.8 Å². The first-order valence-corrected chi connectivity index (χ1v) is 10.4. The number of nitro benzene ring substituents is 1. The van der Waals surface area contributed by atoms with Crippen molar-refractivity contribution in [3.63, 3.8) is 0 Å². The molecule has 3 rings (SSSR count). The largest absolute Gasteiger partial charge is 0.337 e. The van der Waals surface area contributed by atoms with Crippen LogP contribution in [0, 0.1) is 10.1 Å². The Bertz CT molecular complexity index is 868. The predicted molar refractivity (Wildman–Crippen MR) is 114 cm³/mol. The van der Waals surface area contributed by atoms with Gasteiger partial charge < -0.3 is 9.80 Å². The fourth-order valence-corrected chi connectivity index (χ4v) is 3.76. The summed E-state index contributed by atoms with van der Waals surface area (Å²) in [6, 6.07) is 11.5. The third-order valence-corrected chi connectivity index (χ3v) is 5.84. The number of non-ortho nitro benzene ring substituents is 1. The second-order valence-electron chi connectivity index (χ2n) is 7.21. The number of benzene rings is 2. The molecule has 2 aromatic carbocycles. The molecule has 6 nitrogen and oxygen atoms in total. The predicted octanol–water partition coefficient (Wildman–Crippen LogP) is 4.57. The third-order valence-electron chi connectivity index (χ3n) is 5.10. The number of rotatable bonds is 8. The second-order valence-corrected chi connectivity index (χ2v) is 8.03. The zero-order valence-corrected chi connectivity index (χ0v) is 17.5. The maximum atomic E-state index is 13.0. The Balaban J connectivity index is 1.70. The second kappa shape index (κ2) is 10.1. The molecule has 0 aliphatic carbocycles. The molecule has 0 N–H and O–H groups in total. The van der Waals surface area contributed by atoms with E-state index in [1.54, 1.807) is 24.3 Å². The van der Waals surface area contributed by atoms with Gasteiger partial charge in [-0.25, -0.2) is 0 Å². The first kappa shape index (κ1) is 21.6. The molecular formula is C21H23Cl2N3O3. The van der Waals surface area contributed by atoms with Crippen molar-refractivity contribution in [2.75, 3.05) is 26.2 Å². The van der Waals surface area contributed by atoms with Crippen LogP contribution < -0.4 is 0 Å². The van der Waals surface area contributed by atoms with Crippen LogP contribution in [0.2, 0.25) is 10.0 Å². The Hall–Kier alpha value is -2.15. The maximum absolute atomic E-state index is 13.0. The smallest absolute Gasteiger partial charge is 0.269 e. The average Bonchev–Trinajstić information content (AvgIpc) is 3.21. The zero-order chi connectivity index (χ0) is 20.8. The molecule has 0 spiro atoms. The van der Waals surface area contributed by atoms with Crippen molar-refractivity contribution in [3.8, 4) is 0 Å². The molecule has 0 unspecified atom stereocenters. The fraction of sp³-hybridized carbons (Fsp3) is 0.381. The van der Waals surface area contributed by atoms with E-state index in [-0.39, 0.29) is 18.0 Å². The number of nitro groups is 1. The summed E-state index contributed by atoms with van der Waals surface area (Å²) in [6.45, 7) is 4.02. The van der Waals surface area contributed by atoms with Crippen molar-refractivity contribution in [1.29, 1.82) is 0 Å². The molecule has 1 aliphatic heterocycles. The van der Waals surface area contributed by atoms with Gasteiger partial charge in [-0.2, -0.15) is 0 Å². The van der Waals surface area contributed by atoms with Crippen molar-refractivity contribution in [1.82, 2.24) is 9.80 Å². The van der Waals surface area contributed by atoms with E-state index < -0.39 is 4.92 Å². The molecule has 0 aromatic heterocycles. The lowest BCUT2D eigenvalue weighted by molar-refractivity contribution is -0.384. The highest BCUT2D eigenvalue weighted by Gasteiger charge is 2.19. The van der Waals surface area contributed by atoms with E-state index >= 15 is 0 Å². The standard InChI is InChI=1S/C21H23Cl2N3O3/c22-19-8-5-17(13-20(19)23)15-25(12-11-24-9-1-2-10-24)21(27)14-16-3-6-18(7-4-16)26(28)29/h3-8,13H,1-2,9-12,14-15H2.